The maximum Gasteiger partial charge on any atom is 0.521 e. The minimum atomic E-state index is -0.275. The molecule has 1 radical (unpaired) electrons. The summed E-state index contributed by atoms with van der Waals surface area (Å²) in [6.45, 7) is 0. The second-order valence-electron chi connectivity index (χ2n) is 4.05. The van der Waals surface area contributed by atoms with Gasteiger partial charge in [-0.15, -0.1) is 0 Å². The summed E-state index contributed by atoms with van der Waals surface area (Å²) in [5, 5.41) is 18.3. The van der Waals surface area contributed by atoms with Crippen molar-refractivity contribution in [2.45, 2.75) is 0 Å². The Labute approximate surface area is 144 Å². The molecule has 0 aromatic heterocycles. The molecular weight excluding hydrogens is 352 g/mol. The number of rotatable bonds is 2. The number of hydrogen-bond donors (Lipinski definition) is 2. The maximum atomic E-state index is 9.15. The van der Waals surface area contributed by atoms with Crippen LogP contribution in [0.1, 0.15) is 11.1 Å². The van der Waals surface area contributed by atoms with Crippen LogP contribution in [0.2, 0.25) is 0 Å². The van der Waals surface area contributed by atoms with Crippen LogP contribution in [0.5, 0.6) is 11.5 Å². The summed E-state index contributed by atoms with van der Waals surface area (Å²) in [7, 11) is 2.67. The Morgan fingerprint density at radius 2 is 1.04 bits per heavy atom. The Morgan fingerprint density at radius 3 is 1.30 bits per heavy atom. The Balaban J connectivity index is 0.000000403. The minimum Gasteiger partial charge on any atom is -0.507 e. The van der Waals surface area contributed by atoms with Crippen molar-refractivity contribution in [3.05, 3.63) is 59.7 Å². The van der Waals surface area contributed by atoms with Crippen LogP contribution in [0.3, 0.4) is 0 Å². The molecule has 2 rings (SSSR count). The molecule has 0 aliphatic rings. The Morgan fingerprint density at radius 1 is 0.739 bits per heavy atom. The summed E-state index contributed by atoms with van der Waals surface area (Å²) in [6, 6.07) is 12.8. The standard InChI is InChI=1S/2C8H8O3.Cu/c2*1-11-8(10)6-4-2-3-5-7(6)9;/h2*2-5,9H,1H3;/p+2. The van der Waals surface area contributed by atoms with Crippen molar-refractivity contribution in [1.82, 2.24) is 0 Å². The predicted molar refractivity (Wildman–Crippen MR) is 82.3 cm³/mol. The number of phenolic OH excluding ortho intramolecular Hbond substituents is 2. The zero-order valence-electron chi connectivity index (χ0n) is 12.5. The van der Waals surface area contributed by atoms with Gasteiger partial charge in [-0.25, -0.2) is 0 Å². The largest absolute Gasteiger partial charge is 0.521 e. The molecule has 0 bridgehead atoms. The van der Waals surface area contributed by atoms with Crippen LogP contribution in [-0.2, 0) is 26.5 Å². The van der Waals surface area contributed by atoms with E-state index in [0.29, 0.717) is 11.1 Å². The second-order valence-corrected chi connectivity index (χ2v) is 4.05. The number of ether oxygens (including phenoxy) is 2. The van der Waals surface area contributed by atoms with E-state index in [2.05, 4.69) is 9.47 Å². The van der Waals surface area contributed by atoms with Gasteiger partial charge in [0.15, 0.2) is 25.3 Å². The van der Waals surface area contributed by atoms with Gasteiger partial charge in [0.1, 0.15) is 11.5 Å². The van der Waals surface area contributed by atoms with E-state index in [1.807, 2.05) is 0 Å². The van der Waals surface area contributed by atoms with Gasteiger partial charge >= 0.3 is 11.9 Å². The molecule has 127 valence electrons. The van der Waals surface area contributed by atoms with E-state index >= 15 is 0 Å². The summed E-state index contributed by atoms with van der Waals surface area (Å²) in [5.74, 6) is -0.537. The number of carbonyl (C=O) groups excluding carboxylic acids is 2. The number of methoxy groups -OCH3 is 2. The zero-order valence-corrected chi connectivity index (χ0v) is 13.5. The molecular formula is C16H18CuO6+2. The van der Waals surface area contributed by atoms with Crippen molar-refractivity contribution in [2.75, 3.05) is 14.2 Å². The molecule has 0 amide bonds. The number of esters is 2. The van der Waals surface area contributed by atoms with Crippen LogP contribution < -0.4 is 0 Å². The number of benzene rings is 2. The minimum absolute atomic E-state index is 0. The quantitative estimate of drug-likeness (QED) is 0.478. The first-order valence-electron chi connectivity index (χ1n) is 6.27. The van der Waals surface area contributed by atoms with Crippen LogP contribution in [0.25, 0.3) is 0 Å². The van der Waals surface area contributed by atoms with Gasteiger partial charge in [0.2, 0.25) is 0 Å². The third kappa shape index (κ3) is 6.02. The molecule has 0 aliphatic carbocycles. The average Bonchev–Trinajstić information content (AvgIpc) is 2.55. The van der Waals surface area contributed by atoms with Crippen molar-refractivity contribution < 1.29 is 46.3 Å². The van der Waals surface area contributed by atoms with Crippen LogP contribution in [0.4, 0.5) is 0 Å². The van der Waals surface area contributed by atoms with E-state index in [0.717, 1.165) is 0 Å². The van der Waals surface area contributed by atoms with Crippen molar-refractivity contribution in [2.24, 2.45) is 0 Å². The second kappa shape index (κ2) is 10.3. The molecule has 0 saturated heterocycles. The van der Waals surface area contributed by atoms with Gasteiger partial charge in [-0.05, 0) is 24.3 Å². The van der Waals surface area contributed by atoms with Crippen molar-refractivity contribution in [1.29, 1.82) is 0 Å². The van der Waals surface area contributed by atoms with E-state index < -0.39 is 0 Å². The van der Waals surface area contributed by atoms with Gasteiger partial charge < -0.3 is 29.3 Å². The molecule has 0 unspecified atom stereocenters. The van der Waals surface area contributed by atoms with Gasteiger partial charge in [-0.1, -0.05) is 24.3 Å². The fourth-order valence-electron chi connectivity index (χ4n) is 1.53. The third-order valence-corrected chi connectivity index (χ3v) is 2.66. The molecule has 7 heteroatoms. The van der Waals surface area contributed by atoms with E-state index in [1.165, 1.54) is 26.4 Å². The summed E-state index contributed by atoms with van der Waals surface area (Å²) in [6.07, 6.45) is 0. The van der Waals surface area contributed by atoms with E-state index in [4.69, 9.17) is 19.8 Å². The summed E-state index contributed by atoms with van der Waals surface area (Å²) < 4.78 is 9.06. The first-order valence-corrected chi connectivity index (χ1v) is 6.27. The van der Waals surface area contributed by atoms with Crippen LogP contribution >= 0.6 is 0 Å². The molecule has 6 nitrogen and oxygen atoms in total. The molecule has 0 aliphatic heterocycles. The molecule has 2 aromatic carbocycles. The molecule has 0 atom stereocenters. The predicted octanol–water partition coefficient (Wildman–Crippen LogP) is 1.78. The molecule has 0 saturated carbocycles. The van der Waals surface area contributed by atoms with Gasteiger partial charge in [0, 0.05) is 17.1 Å². The molecule has 2 aromatic rings. The monoisotopic (exact) mass is 369 g/mol. The maximum absolute atomic E-state index is 9.15. The Bertz CT molecular complexity index is 599. The third-order valence-electron chi connectivity index (χ3n) is 2.66. The fraction of sp³-hybridized carbons (Fsp3) is 0.125. The zero-order chi connectivity index (χ0) is 16.5. The number of aromatic hydroxyl groups is 2. The number of hydrogen-bond acceptors (Lipinski definition) is 4. The molecule has 0 spiro atoms. The molecule has 0 heterocycles. The van der Waals surface area contributed by atoms with E-state index in [9.17, 15) is 0 Å². The molecule has 0 fully saturated rings. The van der Waals surface area contributed by atoms with Crippen molar-refractivity contribution in [3.63, 3.8) is 0 Å². The summed E-state index contributed by atoms with van der Waals surface area (Å²) >= 11 is 0. The smallest absolute Gasteiger partial charge is 0.507 e. The Hall–Kier alpha value is -2.50. The molecule has 4 N–H and O–H groups in total. The SMILES string of the molecule is COC(=[OH+])c1ccccc1O.COC(=[OH+])c1ccccc1O.[Cu]. The molecule has 23 heavy (non-hydrogen) atoms. The van der Waals surface area contributed by atoms with E-state index in [-0.39, 0.29) is 40.5 Å². The normalized spacial score (nSPS) is 8.78. The fourth-order valence-corrected chi connectivity index (χ4v) is 1.53. The first kappa shape index (κ1) is 20.5. The number of para-hydroxylation sites is 2. The van der Waals surface area contributed by atoms with Crippen LogP contribution in [0.15, 0.2) is 48.5 Å². The van der Waals surface area contributed by atoms with Crippen molar-refractivity contribution in [3.8, 4) is 11.5 Å². The van der Waals surface area contributed by atoms with Crippen molar-refractivity contribution >= 4 is 11.9 Å². The van der Waals surface area contributed by atoms with E-state index in [1.54, 1.807) is 36.4 Å². The first-order chi connectivity index (χ1) is 10.5. The van der Waals surface area contributed by atoms with Gasteiger partial charge in [-0.2, -0.15) is 0 Å². The number of phenols is 2. The topological polar surface area (TPSA) is 102 Å². The van der Waals surface area contributed by atoms with Gasteiger partial charge in [0.25, 0.3) is 0 Å². The Kier molecular flexibility index (Phi) is 9.15. The summed E-state index contributed by atoms with van der Waals surface area (Å²) in [5.41, 5.74) is 0.602. The van der Waals surface area contributed by atoms with Gasteiger partial charge in [-0.3, -0.25) is 0 Å². The van der Waals surface area contributed by atoms with Crippen LogP contribution in [0, 0.1) is 0 Å². The summed E-state index contributed by atoms with van der Waals surface area (Å²) in [4.78, 5) is 18.1. The average molecular weight is 370 g/mol. The van der Waals surface area contributed by atoms with Crippen LogP contribution in [-0.4, -0.2) is 46.0 Å². The van der Waals surface area contributed by atoms with Gasteiger partial charge in [0.05, 0.1) is 0 Å².